The molecule has 0 bridgehead atoms. The van der Waals surface area contributed by atoms with Crippen molar-refractivity contribution in [2.75, 3.05) is 18.1 Å². The van der Waals surface area contributed by atoms with E-state index >= 15 is 0 Å². The third-order valence-corrected chi connectivity index (χ3v) is 11.3. The summed E-state index contributed by atoms with van der Waals surface area (Å²) >= 11 is 2.25. The summed E-state index contributed by atoms with van der Waals surface area (Å²) in [6.45, 7) is 6.28. The predicted octanol–water partition coefficient (Wildman–Crippen LogP) is 4.14. The Kier molecular flexibility index (Phi) is 6.82. The Morgan fingerprint density at radius 2 is 1.94 bits per heavy atom. The highest BCUT2D eigenvalue weighted by atomic mass is 127. The van der Waals surface area contributed by atoms with E-state index in [0.717, 1.165) is 33.4 Å². The summed E-state index contributed by atoms with van der Waals surface area (Å²) in [7, 11) is -2.86. The van der Waals surface area contributed by atoms with E-state index in [2.05, 4.69) is 22.6 Å². The monoisotopic (exact) mass is 620 g/mol. The fraction of sp³-hybridized carbons (Fsp3) is 0.481. The van der Waals surface area contributed by atoms with Gasteiger partial charge in [0.15, 0.2) is 13.9 Å². The summed E-state index contributed by atoms with van der Waals surface area (Å²) in [4.78, 5) is 42.6. The fourth-order valence-corrected chi connectivity index (χ4v) is 9.70. The van der Waals surface area contributed by atoms with Gasteiger partial charge in [0.2, 0.25) is 5.91 Å². The maximum Gasteiger partial charge on any atom is 0.268 e. The molecule has 0 aliphatic carbocycles. The molecule has 5 atom stereocenters. The van der Waals surface area contributed by atoms with Crippen LogP contribution in [0.25, 0.3) is 0 Å². The van der Waals surface area contributed by atoms with Crippen LogP contribution in [0.5, 0.6) is 0 Å². The Bertz CT molecular complexity index is 1170. The zero-order valence-electron chi connectivity index (χ0n) is 20.9. The molecule has 36 heavy (non-hydrogen) atoms. The minimum atomic E-state index is -2.86. The first-order valence-corrected chi connectivity index (χ1v) is 16.7. The Labute approximate surface area is 226 Å². The second-order valence-electron chi connectivity index (χ2n) is 10.8. The number of hydrogen-bond donors (Lipinski definition) is 2. The van der Waals surface area contributed by atoms with E-state index in [9.17, 15) is 19.5 Å². The van der Waals surface area contributed by atoms with E-state index < -0.39 is 20.0 Å². The van der Waals surface area contributed by atoms with Gasteiger partial charge in [0, 0.05) is 32.8 Å². The molecule has 0 aromatic heterocycles. The van der Waals surface area contributed by atoms with Crippen molar-refractivity contribution in [3.8, 4) is 0 Å². The standard InChI is InChI=1S/C27H33IN2O5Si/c1-17-25(36(2,3)34)23(15-24(32)29-13-7-10-20(29)16-31)35-27(17)21-14-18(28)11-12-22(21)30(26(27)33)19-8-5-4-6-9-19/h4-6,8-9,11-12,14,17,20,23,25,31,34H,7,10,13,15-16H2,1-3H3/t17-,20+,23+,25-,27+/m1/s1. The van der Waals surface area contributed by atoms with Crippen LogP contribution in [0.1, 0.15) is 31.7 Å². The maximum absolute atomic E-state index is 14.4. The molecule has 2 fully saturated rings. The number of halogens is 1. The highest BCUT2D eigenvalue weighted by Gasteiger charge is 2.66. The van der Waals surface area contributed by atoms with Crippen molar-refractivity contribution in [1.29, 1.82) is 0 Å². The molecule has 2 N–H and O–H groups in total. The molecule has 5 rings (SSSR count). The third-order valence-electron chi connectivity index (χ3n) is 8.15. The highest BCUT2D eigenvalue weighted by molar-refractivity contribution is 14.1. The molecular weight excluding hydrogens is 587 g/mol. The largest absolute Gasteiger partial charge is 0.432 e. The van der Waals surface area contributed by atoms with Crippen molar-refractivity contribution in [2.24, 2.45) is 5.92 Å². The molecule has 1 spiro atoms. The number of aliphatic hydroxyl groups is 1. The third kappa shape index (κ3) is 4.03. The number of fused-ring (bicyclic) bond motifs is 2. The smallest absolute Gasteiger partial charge is 0.268 e. The molecule has 2 saturated heterocycles. The molecule has 3 aliphatic rings. The van der Waals surface area contributed by atoms with Gasteiger partial charge in [-0.1, -0.05) is 25.1 Å². The van der Waals surface area contributed by atoms with Crippen LogP contribution in [0.2, 0.25) is 18.6 Å². The van der Waals surface area contributed by atoms with E-state index in [1.54, 1.807) is 9.80 Å². The van der Waals surface area contributed by atoms with E-state index in [1.807, 2.05) is 68.5 Å². The predicted molar refractivity (Wildman–Crippen MR) is 148 cm³/mol. The number of rotatable bonds is 5. The molecule has 2 aromatic carbocycles. The number of likely N-dealkylation sites (tertiary alicyclic amines) is 1. The van der Waals surface area contributed by atoms with E-state index in [-0.39, 0.29) is 42.3 Å². The molecule has 0 unspecified atom stereocenters. The van der Waals surface area contributed by atoms with Gasteiger partial charge in [-0.25, -0.2) is 0 Å². The van der Waals surface area contributed by atoms with Crippen LogP contribution in [0.15, 0.2) is 48.5 Å². The summed E-state index contributed by atoms with van der Waals surface area (Å²) in [5.74, 6) is -0.588. The quantitative estimate of drug-likeness (QED) is 0.388. The molecule has 9 heteroatoms. The topological polar surface area (TPSA) is 90.3 Å². The molecule has 0 saturated carbocycles. The zero-order valence-corrected chi connectivity index (χ0v) is 24.0. The van der Waals surface area contributed by atoms with Crippen molar-refractivity contribution in [3.05, 3.63) is 57.7 Å². The van der Waals surface area contributed by atoms with Gasteiger partial charge in [0.1, 0.15) is 0 Å². The Hall–Kier alpha value is -1.79. The van der Waals surface area contributed by atoms with Crippen LogP contribution in [0.3, 0.4) is 0 Å². The van der Waals surface area contributed by atoms with Crippen molar-refractivity contribution in [2.45, 2.75) is 62.6 Å². The lowest BCUT2D eigenvalue weighted by molar-refractivity contribution is -0.149. The zero-order chi connectivity index (χ0) is 25.8. The van der Waals surface area contributed by atoms with Gasteiger partial charge >= 0.3 is 0 Å². The molecule has 2 aromatic rings. The van der Waals surface area contributed by atoms with Crippen LogP contribution in [0, 0.1) is 9.49 Å². The van der Waals surface area contributed by atoms with Gasteiger partial charge in [-0.05, 0) is 78.9 Å². The van der Waals surface area contributed by atoms with Crippen LogP contribution >= 0.6 is 22.6 Å². The first kappa shape index (κ1) is 25.8. The number of hydrogen-bond acceptors (Lipinski definition) is 5. The summed E-state index contributed by atoms with van der Waals surface area (Å²) in [6.07, 6.45) is 1.14. The minimum absolute atomic E-state index is 0.0579. The lowest BCUT2D eigenvalue weighted by Gasteiger charge is -2.32. The highest BCUT2D eigenvalue weighted by Crippen LogP contribution is 2.60. The lowest BCUT2D eigenvalue weighted by Crippen LogP contribution is -2.45. The van der Waals surface area contributed by atoms with Crippen molar-refractivity contribution in [3.63, 3.8) is 0 Å². The second-order valence-corrected chi connectivity index (χ2v) is 16.0. The summed E-state index contributed by atoms with van der Waals surface area (Å²) in [5.41, 5.74) is 0.736. The first-order chi connectivity index (χ1) is 17.1. The molecule has 2 amide bonds. The van der Waals surface area contributed by atoms with Gasteiger partial charge in [-0.3, -0.25) is 14.5 Å². The Morgan fingerprint density at radius 3 is 2.61 bits per heavy atom. The number of amides is 2. The molecule has 7 nitrogen and oxygen atoms in total. The SMILES string of the molecule is C[C@@H]1[C@@H]([Si](C)(C)O)[C@H](CC(=O)N2CCC[C@H]2CO)O[C@@]12C(=O)N(c1ccccc1)c1ccc(I)cc12. The van der Waals surface area contributed by atoms with Crippen molar-refractivity contribution < 1.29 is 24.2 Å². The lowest BCUT2D eigenvalue weighted by atomic mass is 9.82. The molecular formula is C27H33IN2O5Si. The average Bonchev–Trinajstić information content (AvgIpc) is 3.49. The minimum Gasteiger partial charge on any atom is -0.432 e. The van der Waals surface area contributed by atoms with Crippen molar-refractivity contribution in [1.82, 2.24) is 4.90 Å². The number of ether oxygens (including phenoxy) is 1. The van der Waals surface area contributed by atoms with Gasteiger partial charge < -0.3 is 19.5 Å². The van der Waals surface area contributed by atoms with Crippen LogP contribution < -0.4 is 4.90 Å². The molecule has 0 radical (unpaired) electrons. The number of benzene rings is 2. The van der Waals surface area contributed by atoms with Crippen LogP contribution in [0.4, 0.5) is 11.4 Å². The molecule has 3 aliphatic heterocycles. The summed E-state index contributed by atoms with van der Waals surface area (Å²) in [6, 6.07) is 15.3. The number of para-hydroxylation sites is 1. The molecule has 3 heterocycles. The van der Waals surface area contributed by atoms with Crippen molar-refractivity contribution >= 4 is 54.1 Å². The van der Waals surface area contributed by atoms with Crippen LogP contribution in [-0.2, 0) is 19.9 Å². The average molecular weight is 621 g/mol. The van der Waals surface area contributed by atoms with E-state index in [1.165, 1.54) is 0 Å². The van der Waals surface area contributed by atoms with E-state index in [4.69, 9.17) is 4.74 Å². The van der Waals surface area contributed by atoms with Crippen LogP contribution in [-0.4, -0.2) is 60.2 Å². The Morgan fingerprint density at radius 1 is 1.22 bits per heavy atom. The number of nitrogens with zero attached hydrogens (tertiary/aromatic N) is 2. The molecule has 192 valence electrons. The Balaban J connectivity index is 1.58. The first-order valence-electron chi connectivity index (χ1n) is 12.6. The van der Waals surface area contributed by atoms with Gasteiger partial charge in [-0.15, -0.1) is 0 Å². The summed E-state index contributed by atoms with van der Waals surface area (Å²) < 4.78 is 7.77. The summed E-state index contributed by atoms with van der Waals surface area (Å²) in [5, 5.41) is 9.74. The number of carbonyl (C=O) groups excluding carboxylic acids is 2. The van der Waals surface area contributed by atoms with E-state index in [0.29, 0.717) is 6.54 Å². The second kappa shape index (κ2) is 9.50. The fourth-order valence-electron chi connectivity index (χ4n) is 6.65. The maximum atomic E-state index is 14.4. The normalized spacial score (nSPS) is 29.9. The number of anilines is 2. The van der Waals surface area contributed by atoms with Gasteiger partial charge in [0.25, 0.3) is 5.91 Å². The number of carbonyl (C=O) groups is 2. The van der Waals surface area contributed by atoms with Gasteiger partial charge in [0.05, 0.1) is 30.9 Å². The van der Waals surface area contributed by atoms with Gasteiger partial charge in [-0.2, -0.15) is 0 Å². The number of aliphatic hydroxyl groups excluding tert-OH is 1.